The Morgan fingerprint density at radius 2 is 1.74 bits per heavy atom. The number of amides is 1. The largest absolute Gasteiger partial charge is 0.368 e. The Bertz CT molecular complexity index is 662. The quantitative estimate of drug-likeness (QED) is 0.860. The molecule has 1 aromatic carbocycles. The van der Waals surface area contributed by atoms with E-state index in [-0.39, 0.29) is 5.91 Å². The lowest BCUT2D eigenvalue weighted by Crippen LogP contribution is -2.49. The summed E-state index contributed by atoms with van der Waals surface area (Å²) >= 11 is 1.66. The van der Waals surface area contributed by atoms with Gasteiger partial charge < -0.3 is 9.80 Å². The van der Waals surface area contributed by atoms with E-state index in [1.54, 1.807) is 11.3 Å². The maximum atomic E-state index is 12.4. The molecule has 3 nitrogen and oxygen atoms in total. The molecule has 0 aliphatic carbocycles. The molecular formula is C19H24N2OS. The fourth-order valence-electron chi connectivity index (χ4n) is 3.52. The average molecular weight is 328 g/mol. The van der Waals surface area contributed by atoms with Crippen LogP contribution in [0.1, 0.15) is 21.6 Å². The van der Waals surface area contributed by atoms with Crippen molar-refractivity contribution in [2.24, 2.45) is 0 Å². The molecule has 0 radical (unpaired) electrons. The molecule has 3 rings (SSSR count). The van der Waals surface area contributed by atoms with E-state index in [0.29, 0.717) is 6.42 Å². The molecule has 0 atom stereocenters. The van der Waals surface area contributed by atoms with Crippen molar-refractivity contribution in [1.29, 1.82) is 0 Å². The molecule has 0 unspecified atom stereocenters. The van der Waals surface area contributed by atoms with E-state index in [9.17, 15) is 4.79 Å². The number of aryl methyl sites for hydroxylation is 3. The third kappa shape index (κ3) is 3.58. The maximum absolute atomic E-state index is 12.4. The van der Waals surface area contributed by atoms with Crippen LogP contribution in [0.15, 0.2) is 29.6 Å². The summed E-state index contributed by atoms with van der Waals surface area (Å²) in [6.07, 6.45) is 0.542. The van der Waals surface area contributed by atoms with Crippen LogP contribution in [0.5, 0.6) is 0 Å². The van der Waals surface area contributed by atoms with Crippen molar-refractivity contribution in [2.45, 2.75) is 27.2 Å². The number of anilines is 1. The minimum atomic E-state index is 0.254. The number of carbonyl (C=O) groups is 1. The van der Waals surface area contributed by atoms with Gasteiger partial charge >= 0.3 is 0 Å². The average Bonchev–Trinajstić information content (AvgIpc) is 2.99. The molecule has 1 fully saturated rings. The number of nitrogens with zero attached hydrogens (tertiary/aromatic N) is 2. The summed E-state index contributed by atoms with van der Waals surface area (Å²) in [5.41, 5.74) is 5.33. The topological polar surface area (TPSA) is 23.6 Å². The molecule has 0 spiro atoms. The zero-order chi connectivity index (χ0) is 16.4. The molecule has 1 saturated heterocycles. The summed E-state index contributed by atoms with van der Waals surface area (Å²) in [5.74, 6) is 0.254. The standard InChI is InChI=1S/C19H24N2OS/c1-14-11-15(2)19(16(3)12-14)21-8-6-20(7-9-21)18(22)13-17-5-4-10-23-17/h4-5,10-12H,6-9,13H2,1-3H3. The normalized spacial score (nSPS) is 15.1. The minimum absolute atomic E-state index is 0.254. The number of benzene rings is 1. The number of carbonyl (C=O) groups excluding carboxylic acids is 1. The molecule has 0 bridgehead atoms. The molecule has 0 saturated carbocycles. The summed E-state index contributed by atoms with van der Waals surface area (Å²) < 4.78 is 0. The fraction of sp³-hybridized carbons (Fsp3) is 0.421. The van der Waals surface area contributed by atoms with E-state index in [2.05, 4.69) is 37.8 Å². The van der Waals surface area contributed by atoms with Crippen molar-refractivity contribution >= 4 is 22.9 Å². The van der Waals surface area contributed by atoms with Crippen LogP contribution < -0.4 is 4.90 Å². The predicted octanol–water partition coefficient (Wildman–Crippen LogP) is 3.56. The van der Waals surface area contributed by atoms with E-state index >= 15 is 0 Å². The summed E-state index contributed by atoms with van der Waals surface area (Å²) in [5, 5.41) is 2.03. The van der Waals surface area contributed by atoms with Gasteiger partial charge in [0.25, 0.3) is 0 Å². The van der Waals surface area contributed by atoms with Crippen LogP contribution >= 0.6 is 11.3 Å². The van der Waals surface area contributed by atoms with Gasteiger partial charge in [-0.15, -0.1) is 11.3 Å². The highest BCUT2D eigenvalue weighted by Crippen LogP contribution is 2.27. The molecule has 1 aliphatic rings. The molecular weight excluding hydrogens is 304 g/mol. The van der Waals surface area contributed by atoms with Crippen molar-refractivity contribution in [2.75, 3.05) is 31.1 Å². The first-order valence-electron chi connectivity index (χ1n) is 8.17. The van der Waals surface area contributed by atoms with Crippen molar-refractivity contribution in [3.05, 3.63) is 51.2 Å². The summed E-state index contributed by atoms with van der Waals surface area (Å²) in [4.78, 5) is 18.0. The maximum Gasteiger partial charge on any atom is 0.227 e. The lowest BCUT2D eigenvalue weighted by molar-refractivity contribution is -0.130. The van der Waals surface area contributed by atoms with Crippen molar-refractivity contribution in [3.8, 4) is 0 Å². The summed E-state index contributed by atoms with van der Waals surface area (Å²) in [7, 11) is 0. The zero-order valence-electron chi connectivity index (χ0n) is 14.1. The molecule has 2 aromatic rings. The number of rotatable bonds is 3. The molecule has 23 heavy (non-hydrogen) atoms. The molecule has 0 N–H and O–H groups in total. The smallest absolute Gasteiger partial charge is 0.227 e. The number of hydrogen-bond donors (Lipinski definition) is 0. The summed E-state index contributed by atoms with van der Waals surface area (Å²) in [6.45, 7) is 9.98. The van der Waals surface area contributed by atoms with Gasteiger partial charge in [-0.1, -0.05) is 23.8 Å². The van der Waals surface area contributed by atoms with Crippen LogP contribution in [0.2, 0.25) is 0 Å². The number of piperazine rings is 1. The second-order valence-corrected chi connectivity index (χ2v) is 7.40. The van der Waals surface area contributed by atoms with Gasteiger partial charge in [0.05, 0.1) is 6.42 Å². The highest BCUT2D eigenvalue weighted by Gasteiger charge is 2.23. The fourth-order valence-corrected chi connectivity index (χ4v) is 4.22. The van der Waals surface area contributed by atoms with Gasteiger partial charge in [0.15, 0.2) is 0 Å². The Labute approximate surface area is 142 Å². The summed E-state index contributed by atoms with van der Waals surface area (Å²) in [6, 6.07) is 8.54. The van der Waals surface area contributed by atoms with Crippen molar-refractivity contribution in [3.63, 3.8) is 0 Å². The monoisotopic (exact) mass is 328 g/mol. The van der Waals surface area contributed by atoms with Crippen LogP contribution in [-0.4, -0.2) is 37.0 Å². The third-order valence-corrected chi connectivity index (χ3v) is 5.37. The second-order valence-electron chi connectivity index (χ2n) is 6.37. The lowest BCUT2D eigenvalue weighted by Gasteiger charge is -2.37. The number of hydrogen-bond acceptors (Lipinski definition) is 3. The van der Waals surface area contributed by atoms with Gasteiger partial charge in [0.1, 0.15) is 0 Å². The van der Waals surface area contributed by atoms with E-state index in [4.69, 9.17) is 0 Å². The van der Waals surface area contributed by atoms with Crippen molar-refractivity contribution in [1.82, 2.24) is 4.90 Å². The van der Waals surface area contributed by atoms with E-state index in [1.165, 1.54) is 22.4 Å². The Morgan fingerprint density at radius 3 is 2.30 bits per heavy atom. The van der Waals surface area contributed by atoms with Crippen LogP contribution in [-0.2, 0) is 11.2 Å². The van der Waals surface area contributed by atoms with Crippen LogP contribution in [0, 0.1) is 20.8 Å². The minimum Gasteiger partial charge on any atom is -0.368 e. The highest BCUT2D eigenvalue weighted by atomic mass is 32.1. The molecule has 1 aliphatic heterocycles. The highest BCUT2D eigenvalue weighted by molar-refractivity contribution is 7.10. The van der Waals surface area contributed by atoms with E-state index in [1.807, 2.05) is 22.4 Å². The lowest BCUT2D eigenvalue weighted by atomic mass is 10.0. The van der Waals surface area contributed by atoms with Gasteiger partial charge in [-0.25, -0.2) is 0 Å². The Morgan fingerprint density at radius 1 is 1.09 bits per heavy atom. The van der Waals surface area contributed by atoms with E-state index < -0.39 is 0 Å². The van der Waals surface area contributed by atoms with Gasteiger partial charge in [-0.3, -0.25) is 4.79 Å². The van der Waals surface area contributed by atoms with Gasteiger partial charge in [-0.05, 0) is 43.3 Å². The van der Waals surface area contributed by atoms with Gasteiger partial charge in [0.2, 0.25) is 5.91 Å². The number of thiophene rings is 1. The first-order valence-corrected chi connectivity index (χ1v) is 9.05. The Kier molecular flexibility index (Phi) is 4.71. The first-order chi connectivity index (χ1) is 11.0. The second kappa shape index (κ2) is 6.75. The van der Waals surface area contributed by atoms with Gasteiger partial charge in [-0.2, -0.15) is 0 Å². The SMILES string of the molecule is Cc1cc(C)c(N2CCN(C(=O)Cc3cccs3)CC2)c(C)c1. The Hall–Kier alpha value is -1.81. The third-order valence-electron chi connectivity index (χ3n) is 4.49. The predicted molar refractivity (Wildman–Crippen MR) is 97.5 cm³/mol. The molecule has 2 heterocycles. The molecule has 1 aromatic heterocycles. The van der Waals surface area contributed by atoms with Crippen LogP contribution in [0.3, 0.4) is 0 Å². The Balaban J connectivity index is 1.63. The zero-order valence-corrected chi connectivity index (χ0v) is 14.9. The molecule has 1 amide bonds. The van der Waals surface area contributed by atoms with Gasteiger partial charge in [0, 0.05) is 36.7 Å². The van der Waals surface area contributed by atoms with Crippen LogP contribution in [0.25, 0.3) is 0 Å². The first kappa shape index (κ1) is 16.1. The van der Waals surface area contributed by atoms with E-state index in [0.717, 1.165) is 31.1 Å². The van der Waals surface area contributed by atoms with Crippen molar-refractivity contribution < 1.29 is 4.79 Å². The van der Waals surface area contributed by atoms with Crippen LogP contribution in [0.4, 0.5) is 5.69 Å². The molecule has 4 heteroatoms. The molecule has 122 valence electrons.